The summed E-state index contributed by atoms with van der Waals surface area (Å²) in [6.07, 6.45) is -5.30. The van der Waals surface area contributed by atoms with Gasteiger partial charge in [-0.1, -0.05) is 6.92 Å². The second kappa shape index (κ2) is 17.3. The molecule has 1 aliphatic rings. The molecule has 260 valence electrons. The first-order valence-corrected chi connectivity index (χ1v) is 15.6. The van der Waals surface area contributed by atoms with Crippen LogP contribution in [0.5, 0.6) is 5.75 Å². The van der Waals surface area contributed by atoms with Crippen LogP contribution in [0.2, 0.25) is 0 Å². The Bertz CT molecular complexity index is 1340. The minimum absolute atomic E-state index is 0.0725. The Balaban J connectivity index is 1.87. The van der Waals surface area contributed by atoms with Gasteiger partial charge in [0.25, 0.3) is 5.91 Å². The molecular formula is C33H44F4N4O6. The number of halogens is 4. The normalized spacial score (nSPS) is 20.3. The van der Waals surface area contributed by atoms with Gasteiger partial charge in [-0.3, -0.25) is 9.59 Å². The highest BCUT2D eigenvalue weighted by Crippen LogP contribution is 2.29. The van der Waals surface area contributed by atoms with Crippen molar-refractivity contribution in [1.29, 1.82) is 0 Å². The Labute approximate surface area is 272 Å². The summed E-state index contributed by atoms with van der Waals surface area (Å²) in [6.45, 7) is 5.67. The minimum Gasteiger partial charge on any atom is -0.490 e. The van der Waals surface area contributed by atoms with Crippen LogP contribution in [-0.4, -0.2) is 90.5 Å². The van der Waals surface area contributed by atoms with Crippen LogP contribution in [0.15, 0.2) is 42.5 Å². The molecule has 4 amide bonds. The number of alkyl halides is 3. The largest absolute Gasteiger partial charge is 0.490 e. The Hall–Kier alpha value is -3.91. The highest BCUT2D eigenvalue weighted by atomic mass is 19.4. The van der Waals surface area contributed by atoms with E-state index in [0.717, 1.165) is 6.42 Å². The molecule has 2 aromatic carbocycles. The lowest BCUT2D eigenvalue weighted by atomic mass is 10.0. The molecule has 14 heteroatoms. The molecule has 1 aliphatic heterocycles. The molecule has 3 N–H and O–H groups in total. The SMILES string of the molecule is C[C@@H]1CCCCO[C@H](CN(C)C(=O)Nc2ccc(F)cc2)[C@H](C)CN([C@H](C)CO)C(=O)c2cc(NC(=O)CCC(F)(F)F)ccc2O1. The average molecular weight is 669 g/mol. The molecular weight excluding hydrogens is 624 g/mol. The molecule has 0 saturated heterocycles. The van der Waals surface area contributed by atoms with E-state index >= 15 is 0 Å². The molecule has 2 aromatic rings. The molecule has 4 atom stereocenters. The van der Waals surface area contributed by atoms with Gasteiger partial charge in [-0.2, -0.15) is 13.2 Å². The zero-order chi connectivity index (χ0) is 34.7. The van der Waals surface area contributed by atoms with Crippen LogP contribution < -0.4 is 15.4 Å². The van der Waals surface area contributed by atoms with Gasteiger partial charge in [0.15, 0.2) is 0 Å². The van der Waals surface area contributed by atoms with Gasteiger partial charge in [0.2, 0.25) is 5.91 Å². The van der Waals surface area contributed by atoms with Crippen LogP contribution in [0.1, 0.15) is 63.2 Å². The van der Waals surface area contributed by atoms with Crippen LogP contribution >= 0.6 is 0 Å². The number of aliphatic hydroxyl groups is 1. The lowest BCUT2D eigenvalue weighted by molar-refractivity contribution is -0.142. The molecule has 47 heavy (non-hydrogen) atoms. The number of carbonyl (C=O) groups is 3. The Morgan fingerprint density at radius 1 is 1.09 bits per heavy atom. The first kappa shape index (κ1) is 37.5. The third kappa shape index (κ3) is 12.0. The monoisotopic (exact) mass is 668 g/mol. The number of likely N-dealkylation sites (N-methyl/N-ethyl adjacent to an activating group) is 1. The van der Waals surface area contributed by atoms with E-state index in [0.29, 0.717) is 25.1 Å². The van der Waals surface area contributed by atoms with E-state index in [1.54, 1.807) is 14.0 Å². The number of carbonyl (C=O) groups excluding carboxylic acids is 3. The number of hydrogen-bond donors (Lipinski definition) is 3. The number of aliphatic hydroxyl groups excluding tert-OH is 1. The summed E-state index contributed by atoms with van der Waals surface area (Å²) >= 11 is 0. The molecule has 0 bridgehead atoms. The number of nitrogens with zero attached hydrogens (tertiary/aromatic N) is 2. The van der Waals surface area contributed by atoms with Crippen LogP contribution in [0.25, 0.3) is 0 Å². The average Bonchev–Trinajstić information content (AvgIpc) is 3.02. The summed E-state index contributed by atoms with van der Waals surface area (Å²) in [5.74, 6) is -1.91. The first-order valence-electron chi connectivity index (χ1n) is 15.6. The number of urea groups is 1. The Kier molecular flexibility index (Phi) is 13.8. The number of nitrogens with one attached hydrogen (secondary N) is 2. The topological polar surface area (TPSA) is 120 Å². The number of ether oxygens (including phenoxy) is 2. The molecule has 0 aliphatic carbocycles. The van der Waals surface area contributed by atoms with Crippen molar-refractivity contribution in [2.75, 3.05) is 44.0 Å². The smallest absolute Gasteiger partial charge is 0.389 e. The summed E-state index contributed by atoms with van der Waals surface area (Å²) < 4.78 is 63.6. The predicted octanol–water partition coefficient (Wildman–Crippen LogP) is 6.07. The molecule has 0 aromatic heterocycles. The molecule has 0 fully saturated rings. The number of anilines is 2. The van der Waals surface area contributed by atoms with E-state index in [9.17, 15) is 37.1 Å². The molecule has 0 unspecified atom stereocenters. The van der Waals surface area contributed by atoms with E-state index in [-0.39, 0.29) is 48.7 Å². The maximum Gasteiger partial charge on any atom is 0.389 e. The van der Waals surface area contributed by atoms with Crippen LogP contribution in [0.3, 0.4) is 0 Å². The van der Waals surface area contributed by atoms with Crippen LogP contribution in [0, 0.1) is 11.7 Å². The summed E-state index contributed by atoms with van der Waals surface area (Å²) in [4.78, 5) is 42.2. The fourth-order valence-electron chi connectivity index (χ4n) is 5.05. The second-order valence-electron chi connectivity index (χ2n) is 12.0. The minimum atomic E-state index is -4.49. The van der Waals surface area contributed by atoms with Crippen molar-refractivity contribution in [2.24, 2.45) is 5.92 Å². The summed E-state index contributed by atoms with van der Waals surface area (Å²) in [6, 6.07) is 8.61. The standard InChI is InChI=1S/C33H44F4N4O6/c1-21-18-41(22(2)20-42)31(44)27-17-26(38-30(43)14-15-33(35,36)37)12-13-28(27)47-23(3)7-5-6-16-46-29(21)19-40(4)32(45)39-25-10-8-24(34)9-11-25/h8-13,17,21-23,29,42H,5-7,14-16,18-20H2,1-4H3,(H,38,43)(H,39,45)/t21-,22-,23-,29-/m1/s1. The molecule has 3 rings (SSSR count). The highest BCUT2D eigenvalue weighted by molar-refractivity contribution is 5.99. The second-order valence-corrected chi connectivity index (χ2v) is 12.0. The first-order chi connectivity index (χ1) is 22.2. The lowest BCUT2D eigenvalue weighted by Crippen LogP contribution is -2.48. The quantitative estimate of drug-likeness (QED) is 0.294. The van der Waals surface area contributed by atoms with E-state index in [4.69, 9.17) is 9.47 Å². The van der Waals surface area contributed by atoms with E-state index in [1.807, 2.05) is 13.8 Å². The van der Waals surface area contributed by atoms with Crippen molar-refractivity contribution < 1.29 is 46.5 Å². The number of benzene rings is 2. The van der Waals surface area contributed by atoms with Gasteiger partial charge < -0.3 is 35.0 Å². The number of fused-ring (bicyclic) bond motifs is 1. The van der Waals surface area contributed by atoms with E-state index in [1.165, 1.54) is 52.3 Å². The van der Waals surface area contributed by atoms with Gasteiger partial charge >= 0.3 is 12.2 Å². The molecule has 0 radical (unpaired) electrons. The zero-order valence-corrected chi connectivity index (χ0v) is 27.1. The Morgan fingerprint density at radius 3 is 2.43 bits per heavy atom. The van der Waals surface area contributed by atoms with E-state index in [2.05, 4.69) is 10.6 Å². The maximum absolute atomic E-state index is 14.1. The van der Waals surface area contributed by atoms with Crippen molar-refractivity contribution in [3.8, 4) is 5.75 Å². The summed E-state index contributed by atoms with van der Waals surface area (Å²) in [7, 11) is 1.60. The fourth-order valence-corrected chi connectivity index (χ4v) is 5.05. The number of hydrogen-bond acceptors (Lipinski definition) is 6. The molecule has 10 nitrogen and oxygen atoms in total. The van der Waals surface area contributed by atoms with Crippen LogP contribution in [0.4, 0.5) is 33.7 Å². The summed E-state index contributed by atoms with van der Waals surface area (Å²) in [5, 5.41) is 15.2. The van der Waals surface area contributed by atoms with Gasteiger partial charge in [0.1, 0.15) is 11.6 Å². The Morgan fingerprint density at radius 2 is 1.77 bits per heavy atom. The number of amides is 4. The number of rotatable bonds is 8. The fraction of sp³-hybridized carbons (Fsp3) is 0.545. The molecule has 0 spiro atoms. The van der Waals surface area contributed by atoms with E-state index < -0.39 is 54.8 Å². The van der Waals surface area contributed by atoms with Crippen molar-refractivity contribution in [2.45, 2.75) is 77.3 Å². The van der Waals surface area contributed by atoms with Crippen molar-refractivity contribution in [1.82, 2.24) is 9.80 Å². The molecule has 0 saturated carbocycles. The van der Waals surface area contributed by atoms with Crippen molar-refractivity contribution in [3.05, 3.63) is 53.8 Å². The summed E-state index contributed by atoms with van der Waals surface area (Å²) in [5.41, 5.74) is 0.618. The predicted molar refractivity (Wildman–Crippen MR) is 169 cm³/mol. The third-order valence-electron chi connectivity index (χ3n) is 7.87. The van der Waals surface area contributed by atoms with Gasteiger partial charge in [-0.25, -0.2) is 9.18 Å². The maximum atomic E-state index is 14.1. The van der Waals surface area contributed by atoms with Crippen molar-refractivity contribution >= 4 is 29.2 Å². The van der Waals surface area contributed by atoms with Crippen molar-refractivity contribution in [3.63, 3.8) is 0 Å². The van der Waals surface area contributed by atoms with Gasteiger partial charge in [0, 0.05) is 50.5 Å². The third-order valence-corrected chi connectivity index (χ3v) is 7.87. The molecule has 1 heterocycles. The zero-order valence-electron chi connectivity index (χ0n) is 27.1. The highest BCUT2D eigenvalue weighted by Gasteiger charge is 2.31. The van der Waals surface area contributed by atoms with Gasteiger partial charge in [-0.15, -0.1) is 0 Å². The van der Waals surface area contributed by atoms with Gasteiger partial charge in [-0.05, 0) is 75.6 Å². The van der Waals surface area contributed by atoms with Gasteiger partial charge in [0.05, 0.1) is 36.8 Å². The van der Waals surface area contributed by atoms with Crippen LogP contribution in [-0.2, 0) is 9.53 Å². The lowest BCUT2D eigenvalue weighted by Gasteiger charge is -2.35.